The van der Waals surface area contributed by atoms with Crippen LogP contribution in [-0.2, 0) is 6.42 Å². The molecule has 0 amide bonds. The van der Waals surface area contributed by atoms with Crippen molar-refractivity contribution >= 4 is 24.8 Å². The van der Waals surface area contributed by atoms with Gasteiger partial charge in [0, 0.05) is 39.1 Å². The van der Waals surface area contributed by atoms with Gasteiger partial charge in [-0.2, -0.15) is 4.68 Å². The van der Waals surface area contributed by atoms with Crippen LogP contribution < -0.4 is 5.32 Å². The van der Waals surface area contributed by atoms with Crippen LogP contribution in [0.4, 0.5) is 0 Å². The molecule has 8 heteroatoms. The number of nitrogens with one attached hydrogen (secondary N) is 1. The summed E-state index contributed by atoms with van der Waals surface area (Å²) in [5.74, 6) is 0.921. The number of para-hydroxylation sites is 1. The zero-order chi connectivity index (χ0) is 12.9. The number of hydrogen-bond acceptors (Lipinski definition) is 5. The number of rotatable bonds is 4. The van der Waals surface area contributed by atoms with Gasteiger partial charge in [-0.3, -0.25) is 0 Å². The number of halogens is 2. The lowest BCUT2D eigenvalue weighted by molar-refractivity contribution is 0.242. The highest BCUT2D eigenvalue weighted by Gasteiger charge is 2.12. The second-order valence-corrected chi connectivity index (χ2v) is 4.68. The van der Waals surface area contributed by atoms with E-state index in [1.165, 1.54) is 0 Å². The predicted molar refractivity (Wildman–Crippen MR) is 86.7 cm³/mol. The van der Waals surface area contributed by atoms with E-state index < -0.39 is 0 Å². The highest BCUT2D eigenvalue weighted by molar-refractivity contribution is 5.85. The van der Waals surface area contributed by atoms with Crippen LogP contribution in [0.25, 0.3) is 5.69 Å². The van der Waals surface area contributed by atoms with Crippen LogP contribution in [0.5, 0.6) is 0 Å². The summed E-state index contributed by atoms with van der Waals surface area (Å²) >= 11 is 0. The molecule has 1 N–H and O–H groups in total. The highest BCUT2D eigenvalue weighted by Crippen LogP contribution is 2.08. The van der Waals surface area contributed by atoms with Gasteiger partial charge in [0.2, 0.25) is 0 Å². The molecule has 1 aliphatic heterocycles. The third-order valence-electron chi connectivity index (χ3n) is 3.40. The molecule has 0 spiro atoms. The molecule has 1 aromatic carbocycles. The van der Waals surface area contributed by atoms with Crippen LogP contribution in [0.1, 0.15) is 5.82 Å². The molecule has 1 fully saturated rings. The average molecular weight is 331 g/mol. The van der Waals surface area contributed by atoms with Gasteiger partial charge < -0.3 is 10.2 Å². The van der Waals surface area contributed by atoms with Crippen molar-refractivity contribution in [3.63, 3.8) is 0 Å². The zero-order valence-electron chi connectivity index (χ0n) is 11.7. The topological polar surface area (TPSA) is 58.9 Å². The smallest absolute Gasteiger partial charge is 0.157 e. The van der Waals surface area contributed by atoms with Gasteiger partial charge >= 0.3 is 0 Å². The number of hydrogen-bond donors (Lipinski definition) is 1. The molecule has 0 bridgehead atoms. The Labute approximate surface area is 136 Å². The average Bonchev–Trinajstić information content (AvgIpc) is 2.95. The van der Waals surface area contributed by atoms with E-state index in [1.54, 1.807) is 0 Å². The largest absolute Gasteiger partial charge is 0.314 e. The van der Waals surface area contributed by atoms with Crippen molar-refractivity contribution in [2.24, 2.45) is 0 Å². The zero-order valence-corrected chi connectivity index (χ0v) is 13.3. The minimum atomic E-state index is 0. The summed E-state index contributed by atoms with van der Waals surface area (Å²) in [6, 6.07) is 10.0. The number of nitrogens with zero attached hydrogens (tertiary/aromatic N) is 5. The first-order chi connectivity index (χ1) is 9.43. The van der Waals surface area contributed by atoms with E-state index in [0.717, 1.165) is 50.7 Å². The lowest BCUT2D eigenvalue weighted by Crippen LogP contribution is -2.44. The van der Waals surface area contributed by atoms with Gasteiger partial charge in [-0.15, -0.1) is 29.9 Å². The van der Waals surface area contributed by atoms with Crippen LogP contribution in [0, 0.1) is 0 Å². The molecular weight excluding hydrogens is 311 g/mol. The Hall–Kier alpha value is -1.21. The minimum Gasteiger partial charge on any atom is -0.314 e. The van der Waals surface area contributed by atoms with Gasteiger partial charge in [0.25, 0.3) is 0 Å². The lowest BCUT2D eigenvalue weighted by Gasteiger charge is -2.26. The monoisotopic (exact) mass is 330 g/mol. The minimum absolute atomic E-state index is 0. The van der Waals surface area contributed by atoms with Crippen LogP contribution >= 0.6 is 24.8 Å². The van der Waals surface area contributed by atoms with Gasteiger partial charge in [0.1, 0.15) is 0 Å². The first kappa shape index (κ1) is 17.8. The maximum absolute atomic E-state index is 4.14. The van der Waals surface area contributed by atoms with Crippen molar-refractivity contribution in [3.8, 4) is 5.69 Å². The first-order valence-electron chi connectivity index (χ1n) is 6.69. The third-order valence-corrected chi connectivity index (χ3v) is 3.40. The fourth-order valence-corrected chi connectivity index (χ4v) is 2.32. The number of tetrazole rings is 1. The van der Waals surface area contributed by atoms with E-state index in [-0.39, 0.29) is 24.8 Å². The predicted octanol–water partition coefficient (Wildman–Crippen LogP) is 0.954. The highest BCUT2D eigenvalue weighted by atomic mass is 35.5. The molecule has 0 atom stereocenters. The lowest BCUT2D eigenvalue weighted by atomic mass is 10.3. The van der Waals surface area contributed by atoms with Crippen molar-refractivity contribution in [2.75, 3.05) is 32.7 Å². The fourth-order valence-electron chi connectivity index (χ4n) is 2.32. The second kappa shape index (κ2) is 8.94. The molecule has 0 saturated carbocycles. The molecule has 1 aromatic heterocycles. The van der Waals surface area contributed by atoms with Gasteiger partial charge in [-0.05, 0) is 22.6 Å². The maximum atomic E-state index is 4.14. The fraction of sp³-hybridized carbons (Fsp3) is 0.462. The summed E-state index contributed by atoms with van der Waals surface area (Å²) in [5.41, 5.74) is 1.02. The van der Waals surface area contributed by atoms with Gasteiger partial charge in [-0.25, -0.2) is 0 Å². The number of piperazine rings is 1. The summed E-state index contributed by atoms with van der Waals surface area (Å²) in [6.45, 7) is 5.36. The van der Waals surface area contributed by atoms with Crippen molar-refractivity contribution in [2.45, 2.75) is 6.42 Å². The Balaban J connectivity index is 0.00000110. The summed E-state index contributed by atoms with van der Waals surface area (Å²) in [5, 5.41) is 15.4. The molecular formula is C13H20Cl2N6. The Morgan fingerprint density at radius 1 is 1.05 bits per heavy atom. The molecule has 2 heterocycles. The molecule has 0 aliphatic carbocycles. The van der Waals surface area contributed by atoms with Crippen molar-refractivity contribution in [1.82, 2.24) is 30.4 Å². The summed E-state index contributed by atoms with van der Waals surface area (Å²) in [7, 11) is 0. The van der Waals surface area contributed by atoms with E-state index in [0.29, 0.717) is 0 Å². The van der Waals surface area contributed by atoms with E-state index >= 15 is 0 Å². The summed E-state index contributed by atoms with van der Waals surface area (Å²) in [6.07, 6.45) is 0.877. The first-order valence-corrected chi connectivity index (χ1v) is 6.69. The van der Waals surface area contributed by atoms with Crippen LogP contribution in [0.3, 0.4) is 0 Å². The third kappa shape index (κ3) is 4.64. The van der Waals surface area contributed by atoms with Crippen molar-refractivity contribution in [1.29, 1.82) is 0 Å². The Bertz CT molecular complexity index is 512. The number of benzene rings is 1. The van der Waals surface area contributed by atoms with Crippen LogP contribution in [0.15, 0.2) is 30.3 Å². The van der Waals surface area contributed by atoms with Crippen LogP contribution in [0.2, 0.25) is 0 Å². The van der Waals surface area contributed by atoms with Gasteiger partial charge in [0.05, 0.1) is 5.69 Å². The second-order valence-electron chi connectivity index (χ2n) is 4.68. The van der Waals surface area contributed by atoms with E-state index in [9.17, 15) is 0 Å². The Morgan fingerprint density at radius 3 is 2.48 bits per heavy atom. The molecule has 0 radical (unpaired) electrons. The molecule has 3 rings (SSSR count). The molecule has 116 valence electrons. The molecule has 1 saturated heterocycles. The Kier molecular flexibility index (Phi) is 7.60. The van der Waals surface area contributed by atoms with Gasteiger partial charge in [0.15, 0.2) is 5.82 Å². The van der Waals surface area contributed by atoms with E-state index in [4.69, 9.17) is 0 Å². The van der Waals surface area contributed by atoms with Gasteiger partial charge in [-0.1, -0.05) is 18.2 Å². The standard InChI is InChI=1S/C13H18N6.2ClH/c1-2-4-12(5-3-1)19-13(15-16-17-19)6-9-18-10-7-14-8-11-18;;/h1-5,14H,6-11H2;2*1H. The number of aromatic nitrogens is 4. The molecule has 1 aliphatic rings. The molecule has 21 heavy (non-hydrogen) atoms. The normalized spacial score (nSPS) is 15.0. The molecule has 0 unspecified atom stereocenters. The van der Waals surface area contributed by atoms with E-state index in [2.05, 4.69) is 25.7 Å². The quantitative estimate of drug-likeness (QED) is 0.904. The summed E-state index contributed by atoms with van der Waals surface area (Å²) in [4.78, 5) is 2.44. The van der Waals surface area contributed by atoms with Crippen molar-refractivity contribution in [3.05, 3.63) is 36.2 Å². The maximum Gasteiger partial charge on any atom is 0.157 e. The molecule has 2 aromatic rings. The Morgan fingerprint density at radius 2 is 1.76 bits per heavy atom. The van der Waals surface area contributed by atoms with E-state index in [1.807, 2.05) is 35.0 Å². The summed E-state index contributed by atoms with van der Waals surface area (Å²) < 4.78 is 1.82. The molecule has 6 nitrogen and oxygen atoms in total. The van der Waals surface area contributed by atoms with Crippen LogP contribution in [-0.4, -0.2) is 57.8 Å². The SMILES string of the molecule is Cl.Cl.c1ccc(-n2nnnc2CCN2CCNCC2)cc1. The van der Waals surface area contributed by atoms with Crippen molar-refractivity contribution < 1.29 is 0 Å².